The minimum atomic E-state index is 0.0267. The molecule has 1 spiro atoms. The Bertz CT molecular complexity index is 738. The van der Waals surface area contributed by atoms with E-state index in [1.54, 1.807) is 0 Å². The van der Waals surface area contributed by atoms with Crippen LogP contribution in [0.15, 0.2) is 54.6 Å². The summed E-state index contributed by atoms with van der Waals surface area (Å²) in [7, 11) is 0. The van der Waals surface area contributed by atoms with Crippen LogP contribution >= 0.6 is 0 Å². The molecule has 2 aromatic rings. The van der Waals surface area contributed by atoms with Gasteiger partial charge in [-0.3, -0.25) is 0 Å². The van der Waals surface area contributed by atoms with E-state index in [0.29, 0.717) is 5.41 Å². The van der Waals surface area contributed by atoms with Gasteiger partial charge in [-0.2, -0.15) is 0 Å². The molecule has 0 aliphatic carbocycles. The number of nitrogens with zero attached hydrogens (tertiary/aromatic N) is 1. The molecule has 0 atom stereocenters. The number of carbonyl (C=O) groups is 1. The number of piperidine rings is 1. The predicted octanol–water partition coefficient (Wildman–Crippen LogP) is 3.96. The second-order valence-corrected chi connectivity index (χ2v) is 7.26. The lowest BCUT2D eigenvalue weighted by Crippen LogP contribution is -2.40. The molecule has 2 N–H and O–H groups in total. The van der Waals surface area contributed by atoms with E-state index >= 15 is 0 Å². The van der Waals surface area contributed by atoms with Gasteiger partial charge in [0.25, 0.3) is 0 Å². The van der Waals surface area contributed by atoms with E-state index in [2.05, 4.69) is 28.8 Å². The predicted molar refractivity (Wildman–Crippen MR) is 102 cm³/mol. The molecule has 2 fully saturated rings. The van der Waals surface area contributed by atoms with Gasteiger partial charge < -0.3 is 15.5 Å². The third kappa shape index (κ3) is 3.40. The molecular weight excluding hydrogens is 310 g/mol. The summed E-state index contributed by atoms with van der Waals surface area (Å²) in [6.07, 6.45) is 3.48. The van der Waals surface area contributed by atoms with Gasteiger partial charge in [-0.05, 0) is 49.4 Å². The third-order valence-electron chi connectivity index (χ3n) is 5.64. The fourth-order valence-corrected chi connectivity index (χ4v) is 4.13. The lowest BCUT2D eigenvalue weighted by Gasteiger charge is -2.33. The molecule has 4 rings (SSSR count). The first-order valence-corrected chi connectivity index (χ1v) is 9.17. The van der Waals surface area contributed by atoms with Crippen molar-refractivity contribution < 1.29 is 4.79 Å². The van der Waals surface area contributed by atoms with Gasteiger partial charge in [-0.25, -0.2) is 4.79 Å². The van der Waals surface area contributed by atoms with Crippen molar-refractivity contribution in [2.24, 2.45) is 5.41 Å². The Hall–Kier alpha value is -2.33. The molecule has 25 heavy (non-hydrogen) atoms. The second kappa shape index (κ2) is 6.89. The van der Waals surface area contributed by atoms with E-state index in [-0.39, 0.29) is 6.03 Å². The summed E-state index contributed by atoms with van der Waals surface area (Å²) < 4.78 is 0. The van der Waals surface area contributed by atoms with Crippen molar-refractivity contribution in [3.63, 3.8) is 0 Å². The number of rotatable bonds is 2. The number of hydrogen-bond acceptors (Lipinski definition) is 2. The molecule has 2 heterocycles. The number of urea groups is 1. The Morgan fingerprint density at radius 3 is 2.48 bits per heavy atom. The number of nitrogens with one attached hydrogen (secondary N) is 2. The van der Waals surface area contributed by atoms with Crippen molar-refractivity contribution in [2.75, 3.05) is 31.5 Å². The van der Waals surface area contributed by atoms with Gasteiger partial charge in [-0.1, -0.05) is 48.5 Å². The quantitative estimate of drug-likeness (QED) is 0.872. The van der Waals surface area contributed by atoms with Crippen LogP contribution in [0.2, 0.25) is 0 Å². The number of amides is 2. The van der Waals surface area contributed by atoms with Crippen molar-refractivity contribution in [3.05, 3.63) is 54.6 Å². The summed E-state index contributed by atoms with van der Waals surface area (Å²) in [6, 6.07) is 18.3. The number of para-hydroxylation sites is 1. The number of anilines is 1. The standard InChI is InChI=1S/C21H25N3O/c25-20(24-15-12-21(16-24)10-13-22-14-11-21)23-19-9-5-4-8-18(19)17-6-2-1-3-7-17/h1-9,22H,10-16H2,(H,23,25). The number of benzene rings is 2. The molecule has 2 saturated heterocycles. The fourth-order valence-electron chi connectivity index (χ4n) is 4.13. The molecule has 4 nitrogen and oxygen atoms in total. The first kappa shape index (κ1) is 16.2. The first-order chi connectivity index (χ1) is 12.3. The van der Waals surface area contributed by atoms with Crippen LogP contribution in [-0.2, 0) is 0 Å². The summed E-state index contributed by atoms with van der Waals surface area (Å²) in [5, 5.41) is 6.57. The molecule has 2 aliphatic rings. The first-order valence-electron chi connectivity index (χ1n) is 9.17. The fraction of sp³-hybridized carbons (Fsp3) is 0.381. The van der Waals surface area contributed by atoms with Crippen LogP contribution < -0.4 is 10.6 Å². The number of carbonyl (C=O) groups excluding carboxylic acids is 1. The maximum absolute atomic E-state index is 12.8. The smallest absolute Gasteiger partial charge is 0.321 e. The van der Waals surface area contributed by atoms with E-state index in [0.717, 1.165) is 49.4 Å². The highest BCUT2D eigenvalue weighted by Gasteiger charge is 2.40. The Morgan fingerprint density at radius 1 is 0.960 bits per heavy atom. The van der Waals surface area contributed by atoms with E-state index in [1.807, 2.05) is 41.3 Å². The monoisotopic (exact) mass is 335 g/mol. The van der Waals surface area contributed by atoms with Crippen molar-refractivity contribution in [2.45, 2.75) is 19.3 Å². The molecular formula is C21H25N3O. The maximum atomic E-state index is 12.8. The Labute approximate surface area is 149 Å². The summed E-state index contributed by atoms with van der Waals surface area (Å²) in [5.74, 6) is 0. The van der Waals surface area contributed by atoms with Gasteiger partial charge in [-0.15, -0.1) is 0 Å². The molecule has 2 amide bonds. The molecule has 0 radical (unpaired) electrons. The SMILES string of the molecule is O=C(Nc1ccccc1-c1ccccc1)N1CCC2(CCNCC2)C1. The molecule has 2 aliphatic heterocycles. The van der Waals surface area contributed by atoms with Crippen LogP contribution in [-0.4, -0.2) is 37.1 Å². The highest BCUT2D eigenvalue weighted by Crippen LogP contribution is 2.39. The Morgan fingerprint density at radius 2 is 1.68 bits per heavy atom. The van der Waals surface area contributed by atoms with Crippen molar-refractivity contribution >= 4 is 11.7 Å². The zero-order valence-electron chi connectivity index (χ0n) is 14.5. The summed E-state index contributed by atoms with van der Waals surface area (Å²) in [5.41, 5.74) is 3.40. The number of likely N-dealkylation sites (tertiary alicyclic amines) is 1. The van der Waals surface area contributed by atoms with Crippen molar-refractivity contribution in [1.29, 1.82) is 0 Å². The van der Waals surface area contributed by atoms with Crippen LogP contribution in [0.4, 0.5) is 10.5 Å². The molecule has 4 heteroatoms. The average molecular weight is 335 g/mol. The maximum Gasteiger partial charge on any atom is 0.321 e. The topological polar surface area (TPSA) is 44.4 Å². The molecule has 0 bridgehead atoms. The lowest BCUT2D eigenvalue weighted by atomic mass is 9.78. The second-order valence-electron chi connectivity index (χ2n) is 7.26. The van der Waals surface area contributed by atoms with Crippen LogP contribution in [0.5, 0.6) is 0 Å². The van der Waals surface area contributed by atoms with Crippen molar-refractivity contribution in [1.82, 2.24) is 10.2 Å². The van der Waals surface area contributed by atoms with E-state index in [4.69, 9.17) is 0 Å². The van der Waals surface area contributed by atoms with Gasteiger partial charge in [0.2, 0.25) is 0 Å². The van der Waals surface area contributed by atoms with Gasteiger partial charge in [0.1, 0.15) is 0 Å². The Kier molecular flexibility index (Phi) is 4.45. The van der Waals surface area contributed by atoms with Gasteiger partial charge in [0.15, 0.2) is 0 Å². The molecule has 2 aromatic carbocycles. The van der Waals surface area contributed by atoms with Crippen LogP contribution in [0, 0.1) is 5.41 Å². The summed E-state index contributed by atoms with van der Waals surface area (Å²) in [4.78, 5) is 14.8. The van der Waals surface area contributed by atoms with E-state index in [9.17, 15) is 4.79 Å². The largest absolute Gasteiger partial charge is 0.324 e. The molecule has 0 unspecified atom stereocenters. The third-order valence-corrected chi connectivity index (χ3v) is 5.64. The highest BCUT2D eigenvalue weighted by atomic mass is 16.2. The highest BCUT2D eigenvalue weighted by molar-refractivity contribution is 5.94. The molecule has 0 aromatic heterocycles. The van der Waals surface area contributed by atoms with Gasteiger partial charge in [0.05, 0.1) is 5.69 Å². The lowest BCUT2D eigenvalue weighted by molar-refractivity contribution is 0.191. The summed E-state index contributed by atoms with van der Waals surface area (Å²) >= 11 is 0. The van der Waals surface area contributed by atoms with Crippen LogP contribution in [0.25, 0.3) is 11.1 Å². The molecule has 0 saturated carbocycles. The zero-order chi connectivity index (χ0) is 17.1. The number of hydrogen-bond donors (Lipinski definition) is 2. The van der Waals surface area contributed by atoms with E-state index < -0.39 is 0 Å². The van der Waals surface area contributed by atoms with Gasteiger partial charge >= 0.3 is 6.03 Å². The minimum Gasteiger partial charge on any atom is -0.324 e. The zero-order valence-corrected chi connectivity index (χ0v) is 14.5. The average Bonchev–Trinajstić information content (AvgIpc) is 3.07. The van der Waals surface area contributed by atoms with Crippen LogP contribution in [0.1, 0.15) is 19.3 Å². The Balaban J connectivity index is 1.49. The van der Waals surface area contributed by atoms with Crippen molar-refractivity contribution in [3.8, 4) is 11.1 Å². The summed E-state index contributed by atoms with van der Waals surface area (Å²) in [6.45, 7) is 3.89. The van der Waals surface area contributed by atoms with Crippen LogP contribution in [0.3, 0.4) is 0 Å². The normalized spacial score (nSPS) is 19.1. The minimum absolute atomic E-state index is 0.0267. The van der Waals surface area contributed by atoms with Gasteiger partial charge in [0, 0.05) is 18.7 Å². The van der Waals surface area contributed by atoms with E-state index in [1.165, 1.54) is 12.8 Å². The molecule has 130 valence electrons.